The molecular weight excluding hydrogens is 212 g/mol. The van der Waals surface area contributed by atoms with E-state index in [1.54, 1.807) is 0 Å². The zero-order chi connectivity index (χ0) is 12.4. The zero-order valence-electron chi connectivity index (χ0n) is 9.72. The Labute approximate surface area is 101 Å². The summed E-state index contributed by atoms with van der Waals surface area (Å²) in [6, 6.07) is 13.3. The molecule has 0 aliphatic heterocycles. The number of rotatable bonds is 2. The number of hydrogen-bond donors (Lipinski definition) is 3. The van der Waals surface area contributed by atoms with Crippen LogP contribution in [0.15, 0.2) is 42.5 Å². The highest BCUT2D eigenvalue weighted by molar-refractivity contribution is 5.69. The second-order valence-electron chi connectivity index (χ2n) is 4.14. The Bertz CT molecular complexity index is 518. The number of nitrogen functional groups attached to an aromatic ring is 1. The highest BCUT2D eigenvalue weighted by Gasteiger charge is 2.06. The summed E-state index contributed by atoms with van der Waals surface area (Å²) in [4.78, 5) is 0. The maximum absolute atomic E-state index is 9.39. The Morgan fingerprint density at radius 2 is 1.71 bits per heavy atom. The molecule has 0 aliphatic rings. The number of aliphatic hydroxyl groups is 1. The second-order valence-corrected chi connectivity index (χ2v) is 4.14. The van der Waals surface area contributed by atoms with Crippen molar-refractivity contribution >= 4 is 5.69 Å². The van der Waals surface area contributed by atoms with Crippen LogP contribution in [0.4, 0.5) is 5.69 Å². The first-order chi connectivity index (χ1) is 8.08. The van der Waals surface area contributed by atoms with Crippen LogP contribution in [0, 0.1) is 6.92 Å². The van der Waals surface area contributed by atoms with Crippen LogP contribution < -0.4 is 11.5 Å². The van der Waals surface area contributed by atoms with Crippen molar-refractivity contribution in [1.82, 2.24) is 0 Å². The lowest BCUT2D eigenvalue weighted by Crippen LogP contribution is -2.08. The van der Waals surface area contributed by atoms with Crippen molar-refractivity contribution in [3.63, 3.8) is 0 Å². The summed E-state index contributed by atoms with van der Waals surface area (Å²) in [5.41, 5.74) is 15.8. The van der Waals surface area contributed by atoms with Crippen molar-refractivity contribution in [3.05, 3.63) is 53.6 Å². The minimum absolute atomic E-state index is 0.711. The molecule has 0 aliphatic carbocycles. The monoisotopic (exact) mass is 228 g/mol. The lowest BCUT2D eigenvalue weighted by molar-refractivity contribution is 0.186. The summed E-state index contributed by atoms with van der Waals surface area (Å²) in [7, 11) is 0. The standard InChI is InChI=1S/C14H16N2O/c1-9-2-3-11(14(16)17)8-13(9)10-4-6-12(15)7-5-10/h2-8,14,17H,15-16H2,1H3. The largest absolute Gasteiger partial charge is 0.399 e. The van der Waals surface area contributed by atoms with E-state index in [4.69, 9.17) is 11.5 Å². The molecule has 0 aromatic heterocycles. The molecule has 0 heterocycles. The van der Waals surface area contributed by atoms with Gasteiger partial charge >= 0.3 is 0 Å². The van der Waals surface area contributed by atoms with Crippen LogP contribution in [0.1, 0.15) is 17.4 Å². The van der Waals surface area contributed by atoms with Crippen LogP contribution in [-0.2, 0) is 0 Å². The lowest BCUT2D eigenvalue weighted by atomic mass is 9.97. The Kier molecular flexibility index (Phi) is 3.13. The Balaban J connectivity index is 2.50. The smallest absolute Gasteiger partial charge is 0.128 e. The number of aryl methyl sites for hydroxylation is 1. The van der Waals surface area contributed by atoms with E-state index in [9.17, 15) is 5.11 Å². The van der Waals surface area contributed by atoms with E-state index >= 15 is 0 Å². The maximum Gasteiger partial charge on any atom is 0.128 e. The van der Waals surface area contributed by atoms with Crippen LogP contribution >= 0.6 is 0 Å². The van der Waals surface area contributed by atoms with Gasteiger partial charge in [0.05, 0.1) is 0 Å². The van der Waals surface area contributed by atoms with Crippen LogP contribution in [0.5, 0.6) is 0 Å². The van der Waals surface area contributed by atoms with Gasteiger partial charge in [0.2, 0.25) is 0 Å². The molecule has 2 rings (SSSR count). The highest BCUT2D eigenvalue weighted by atomic mass is 16.3. The predicted octanol–water partition coefficient (Wildman–Crippen LogP) is 2.19. The van der Waals surface area contributed by atoms with Gasteiger partial charge in [-0.1, -0.05) is 24.3 Å². The van der Waals surface area contributed by atoms with E-state index in [0.717, 1.165) is 22.4 Å². The molecule has 0 radical (unpaired) electrons. The summed E-state index contributed by atoms with van der Waals surface area (Å²) in [6.07, 6.45) is -0.942. The van der Waals surface area contributed by atoms with Crippen molar-refractivity contribution in [1.29, 1.82) is 0 Å². The van der Waals surface area contributed by atoms with E-state index in [0.29, 0.717) is 5.56 Å². The number of nitrogens with two attached hydrogens (primary N) is 2. The molecule has 0 saturated heterocycles. The minimum atomic E-state index is -0.942. The molecule has 3 heteroatoms. The van der Waals surface area contributed by atoms with E-state index in [-0.39, 0.29) is 0 Å². The Hall–Kier alpha value is -1.84. The third kappa shape index (κ3) is 2.46. The summed E-state index contributed by atoms with van der Waals surface area (Å²) in [5, 5.41) is 9.39. The summed E-state index contributed by atoms with van der Waals surface area (Å²) >= 11 is 0. The van der Waals surface area contributed by atoms with Gasteiger partial charge in [-0.3, -0.25) is 0 Å². The van der Waals surface area contributed by atoms with Gasteiger partial charge in [0.15, 0.2) is 0 Å². The molecule has 5 N–H and O–H groups in total. The molecule has 2 aromatic rings. The number of benzene rings is 2. The molecule has 0 amide bonds. The molecule has 17 heavy (non-hydrogen) atoms. The third-order valence-corrected chi connectivity index (χ3v) is 2.82. The molecule has 0 fully saturated rings. The van der Waals surface area contributed by atoms with Gasteiger partial charge in [0, 0.05) is 5.69 Å². The summed E-state index contributed by atoms with van der Waals surface area (Å²) < 4.78 is 0. The first kappa shape index (κ1) is 11.6. The molecule has 0 saturated carbocycles. The third-order valence-electron chi connectivity index (χ3n) is 2.82. The Morgan fingerprint density at radius 3 is 2.29 bits per heavy atom. The topological polar surface area (TPSA) is 72.3 Å². The van der Waals surface area contributed by atoms with Crippen LogP contribution in [0.2, 0.25) is 0 Å². The fourth-order valence-corrected chi connectivity index (χ4v) is 1.80. The molecule has 1 atom stereocenters. The van der Waals surface area contributed by atoms with Crippen LogP contribution in [0.3, 0.4) is 0 Å². The molecule has 0 spiro atoms. The molecular formula is C14H16N2O. The SMILES string of the molecule is Cc1ccc(C(N)O)cc1-c1ccc(N)cc1. The van der Waals surface area contributed by atoms with Gasteiger partial charge in [-0.15, -0.1) is 0 Å². The van der Waals surface area contributed by atoms with Gasteiger partial charge in [0.25, 0.3) is 0 Å². The lowest BCUT2D eigenvalue weighted by Gasteiger charge is -2.11. The van der Waals surface area contributed by atoms with E-state index in [2.05, 4.69) is 0 Å². The number of hydrogen-bond acceptors (Lipinski definition) is 3. The predicted molar refractivity (Wildman–Crippen MR) is 70.2 cm³/mol. The van der Waals surface area contributed by atoms with E-state index < -0.39 is 6.23 Å². The average molecular weight is 228 g/mol. The average Bonchev–Trinajstić information content (AvgIpc) is 2.31. The summed E-state index contributed by atoms with van der Waals surface area (Å²) in [5.74, 6) is 0. The van der Waals surface area contributed by atoms with Crippen molar-refractivity contribution in [3.8, 4) is 11.1 Å². The quantitative estimate of drug-likeness (QED) is 0.545. The van der Waals surface area contributed by atoms with E-state index in [1.165, 1.54) is 0 Å². The van der Waals surface area contributed by atoms with Gasteiger partial charge in [-0.05, 0) is 47.4 Å². The first-order valence-corrected chi connectivity index (χ1v) is 5.48. The number of aliphatic hydroxyl groups excluding tert-OH is 1. The summed E-state index contributed by atoms with van der Waals surface area (Å²) in [6.45, 7) is 2.03. The van der Waals surface area contributed by atoms with Crippen molar-refractivity contribution in [2.75, 3.05) is 5.73 Å². The fraction of sp³-hybridized carbons (Fsp3) is 0.143. The molecule has 1 unspecified atom stereocenters. The van der Waals surface area contributed by atoms with Gasteiger partial charge in [0.1, 0.15) is 6.23 Å². The first-order valence-electron chi connectivity index (χ1n) is 5.48. The molecule has 0 bridgehead atoms. The normalized spacial score (nSPS) is 12.4. The number of anilines is 1. The maximum atomic E-state index is 9.39. The van der Waals surface area contributed by atoms with Crippen molar-refractivity contribution < 1.29 is 5.11 Å². The molecule has 3 nitrogen and oxygen atoms in total. The molecule has 88 valence electrons. The molecule has 2 aromatic carbocycles. The van der Waals surface area contributed by atoms with Crippen LogP contribution in [0.25, 0.3) is 11.1 Å². The Morgan fingerprint density at radius 1 is 1.06 bits per heavy atom. The fourth-order valence-electron chi connectivity index (χ4n) is 1.80. The van der Waals surface area contributed by atoms with E-state index in [1.807, 2.05) is 49.4 Å². The van der Waals surface area contributed by atoms with Gasteiger partial charge in [-0.25, -0.2) is 0 Å². The highest BCUT2D eigenvalue weighted by Crippen LogP contribution is 2.26. The van der Waals surface area contributed by atoms with Crippen molar-refractivity contribution in [2.45, 2.75) is 13.2 Å². The van der Waals surface area contributed by atoms with Gasteiger partial charge in [-0.2, -0.15) is 0 Å². The van der Waals surface area contributed by atoms with Crippen LogP contribution in [-0.4, -0.2) is 5.11 Å². The van der Waals surface area contributed by atoms with Gasteiger partial charge < -0.3 is 16.6 Å². The minimum Gasteiger partial charge on any atom is -0.399 e. The second kappa shape index (κ2) is 4.57. The zero-order valence-corrected chi connectivity index (χ0v) is 9.72. The van der Waals surface area contributed by atoms with Crippen molar-refractivity contribution in [2.24, 2.45) is 5.73 Å².